The molecular formula is C24H31N5O4. The number of fused-ring (bicyclic) bond motifs is 2. The molecule has 1 aromatic carbocycles. The average Bonchev–Trinajstić information content (AvgIpc) is 3.35. The van der Waals surface area contributed by atoms with Crippen molar-refractivity contribution in [2.24, 2.45) is 0 Å². The summed E-state index contributed by atoms with van der Waals surface area (Å²) in [5.74, 6) is 0.790. The van der Waals surface area contributed by atoms with E-state index >= 15 is 0 Å². The first-order valence-electron chi connectivity index (χ1n) is 11.8. The number of likely N-dealkylation sites (tertiary alicyclic amines) is 1. The molecule has 3 aliphatic heterocycles. The second-order valence-electron chi connectivity index (χ2n) is 8.91. The van der Waals surface area contributed by atoms with Crippen LogP contribution in [0.2, 0.25) is 0 Å². The molecule has 0 bridgehead atoms. The van der Waals surface area contributed by atoms with Crippen molar-refractivity contribution in [3.8, 4) is 0 Å². The van der Waals surface area contributed by atoms with E-state index < -0.39 is 11.7 Å². The van der Waals surface area contributed by atoms with E-state index in [0.717, 1.165) is 38.7 Å². The van der Waals surface area contributed by atoms with Gasteiger partial charge in [-0.15, -0.1) is 0 Å². The minimum absolute atomic E-state index is 0.0296. The summed E-state index contributed by atoms with van der Waals surface area (Å²) >= 11 is 0. The van der Waals surface area contributed by atoms with Gasteiger partial charge in [0, 0.05) is 70.1 Å². The molecule has 2 saturated heterocycles. The third-order valence-electron chi connectivity index (χ3n) is 6.86. The van der Waals surface area contributed by atoms with Gasteiger partial charge in [0.2, 0.25) is 0 Å². The van der Waals surface area contributed by atoms with Crippen LogP contribution in [0.15, 0.2) is 42.7 Å². The highest BCUT2D eigenvalue weighted by Crippen LogP contribution is 2.40. The van der Waals surface area contributed by atoms with Gasteiger partial charge >= 0.3 is 0 Å². The Labute approximate surface area is 193 Å². The molecule has 176 valence electrons. The van der Waals surface area contributed by atoms with Gasteiger partial charge in [0.15, 0.2) is 6.10 Å². The van der Waals surface area contributed by atoms with E-state index in [4.69, 9.17) is 9.47 Å². The third kappa shape index (κ3) is 4.66. The van der Waals surface area contributed by atoms with Gasteiger partial charge in [-0.25, -0.2) is 4.98 Å². The topological polar surface area (TPSA) is 88.9 Å². The smallest absolute Gasteiger partial charge is 0.253 e. The van der Waals surface area contributed by atoms with Crippen molar-refractivity contribution in [3.63, 3.8) is 0 Å². The zero-order valence-electron chi connectivity index (χ0n) is 18.8. The number of imidazole rings is 1. The number of piperidine rings is 1. The van der Waals surface area contributed by atoms with E-state index in [1.54, 1.807) is 6.20 Å². The summed E-state index contributed by atoms with van der Waals surface area (Å²) in [6.45, 7) is 6.25. The number of benzene rings is 1. The fourth-order valence-electron chi connectivity index (χ4n) is 4.98. The summed E-state index contributed by atoms with van der Waals surface area (Å²) < 4.78 is 13.9. The Morgan fingerprint density at radius 3 is 2.61 bits per heavy atom. The van der Waals surface area contributed by atoms with Gasteiger partial charge in [-0.1, -0.05) is 18.2 Å². The van der Waals surface area contributed by atoms with Crippen LogP contribution in [0.1, 0.15) is 29.0 Å². The Hall–Kier alpha value is -2.75. The summed E-state index contributed by atoms with van der Waals surface area (Å²) in [5.41, 5.74) is 0.0403. The van der Waals surface area contributed by atoms with Crippen molar-refractivity contribution in [3.05, 3.63) is 54.1 Å². The molecule has 9 nitrogen and oxygen atoms in total. The lowest BCUT2D eigenvalue weighted by Crippen LogP contribution is -2.55. The Bertz CT molecular complexity index is 964. The van der Waals surface area contributed by atoms with Crippen LogP contribution in [0.25, 0.3) is 0 Å². The number of aromatic nitrogens is 2. The second kappa shape index (κ2) is 9.62. The molecule has 1 N–H and O–H groups in total. The molecule has 2 amide bonds. The first-order valence-corrected chi connectivity index (χ1v) is 11.8. The van der Waals surface area contributed by atoms with Crippen LogP contribution in [0.3, 0.4) is 0 Å². The molecule has 33 heavy (non-hydrogen) atoms. The molecule has 1 spiro atoms. The van der Waals surface area contributed by atoms with E-state index in [9.17, 15) is 9.59 Å². The third-order valence-corrected chi connectivity index (χ3v) is 6.86. The first kappa shape index (κ1) is 22.1. The number of morpholine rings is 1. The second-order valence-corrected chi connectivity index (χ2v) is 8.91. The maximum absolute atomic E-state index is 13.0. The van der Waals surface area contributed by atoms with Crippen molar-refractivity contribution in [2.75, 3.05) is 52.5 Å². The highest BCUT2D eigenvalue weighted by molar-refractivity contribution is 5.94. The predicted molar refractivity (Wildman–Crippen MR) is 121 cm³/mol. The normalized spacial score (nSPS) is 22.7. The number of rotatable bonds is 5. The molecule has 2 aromatic rings. The molecule has 0 unspecified atom stereocenters. The van der Waals surface area contributed by atoms with Crippen molar-refractivity contribution < 1.29 is 19.1 Å². The van der Waals surface area contributed by atoms with E-state index in [1.165, 1.54) is 0 Å². The number of nitrogens with zero attached hydrogens (tertiary/aromatic N) is 4. The molecule has 9 heteroatoms. The molecule has 4 heterocycles. The maximum Gasteiger partial charge on any atom is 0.253 e. The Kier molecular flexibility index (Phi) is 6.43. The molecular weight excluding hydrogens is 422 g/mol. The van der Waals surface area contributed by atoms with Gasteiger partial charge < -0.3 is 24.3 Å². The highest BCUT2D eigenvalue weighted by atomic mass is 16.5. The molecule has 1 aromatic heterocycles. The highest BCUT2D eigenvalue weighted by Gasteiger charge is 2.47. The molecule has 5 rings (SSSR count). The van der Waals surface area contributed by atoms with Crippen LogP contribution in [0.5, 0.6) is 0 Å². The number of hydrogen-bond acceptors (Lipinski definition) is 6. The number of nitrogens with one attached hydrogen (secondary N) is 1. The number of ether oxygens (including phenoxy) is 2. The van der Waals surface area contributed by atoms with Crippen LogP contribution < -0.4 is 5.32 Å². The SMILES string of the molecule is O=C(NCCN1CCOCC1)[C@@H]1Cn2ccnc2C2(CCN(C(=O)c3ccccc3)CC2)O1. The Morgan fingerprint density at radius 1 is 1.09 bits per heavy atom. The summed E-state index contributed by atoms with van der Waals surface area (Å²) in [6.07, 6.45) is 4.32. The molecule has 0 saturated carbocycles. The number of carbonyl (C=O) groups excluding carboxylic acids is 2. The fraction of sp³-hybridized carbons (Fsp3) is 0.542. The zero-order chi connectivity index (χ0) is 22.7. The average molecular weight is 454 g/mol. The van der Waals surface area contributed by atoms with Crippen molar-refractivity contribution in [1.82, 2.24) is 24.7 Å². The standard InChI is InChI=1S/C24H31N5O4/c30-21(25-8-12-27-14-16-32-17-15-27)20-18-29-13-9-26-23(29)24(33-20)6-10-28(11-7-24)22(31)19-4-2-1-3-5-19/h1-5,9,13,20H,6-8,10-12,14-18H2,(H,25,30)/t20-/m0/s1. The predicted octanol–water partition coefficient (Wildman–Crippen LogP) is 0.862. The summed E-state index contributed by atoms with van der Waals surface area (Å²) in [7, 11) is 0. The molecule has 1 atom stereocenters. The lowest BCUT2D eigenvalue weighted by Gasteiger charge is -2.45. The molecule has 0 aliphatic carbocycles. The summed E-state index contributed by atoms with van der Waals surface area (Å²) in [4.78, 5) is 34.6. The monoisotopic (exact) mass is 453 g/mol. The van der Waals surface area contributed by atoms with Gasteiger partial charge in [-0.2, -0.15) is 0 Å². The van der Waals surface area contributed by atoms with Gasteiger partial charge in [0.05, 0.1) is 19.8 Å². The van der Waals surface area contributed by atoms with Crippen LogP contribution in [0, 0.1) is 0 Å². The molecule has 2 fully saturated rings. The summed E-state index contributed by atoms with van der Waals surface area (Å²) in [5, 5.41) is 3.05. The largest absolute Gasteiger partial charge is 0.379 e. The zero-order valence-corrected chi connectivity index (χ0v) is 18.8. The minimum atomic E-state index is -0.651. The van der Waals surface area contributed by atoms with Gasteiger partial charge in [0.25, 0.3) is 11.8 Å². The first-order chi connectivity index (χ1) is 16.1. The van der Waals surface area contributed by atoms with E-state index in [0.29, 0.717) is 44.6 Å². The Balaban J connectivity index is 1.22. The van der Waals surface area contributed by atoms with E-state index in [-0.39, 0.29) is 11.8 Å². The fourth-order valence-corrected chi connectivity index (χ4v) is 4.98. The summed E-state index contributed by atoms with van der Waals surface area (Å²) in [6, 6.07) is 9.34. The van der Waals surface area contributed by atoms with Crippen LogP contribution in [-0.4, -0.2) is 89.8 Å². The van der Waals surface area contributed by atoms with Crippen LogP contribution >= 0.6 is 0 Å². The lowest BCUT2D eigenvalue weighted by atomic mass is 9.88. The van der Waals surface area contributed by atoms with Crippen LogP contribution in [0.4, 0.5) is 0 Å². The number of hydrogen-bond donors (Lipinski definition) is 1. The molecule has 3 aliphatic rings. The number of carbonyl (C=O) groups is 2. The Morgan fingerprint density at radius 2 is 1.85 bits per heavy atom. The maximum atomic E-state index is 13.0. The molecule has 0 radical (unpaired) electrons. The minimum Gasteiger partial charge on any atom is -0.379 e. The van der Waals surface area contributed by atoms with Gasteiger partial charge in [0.1, 0.15) is 11.4 Å². The van der Waals surface area contributed by atoms with E-state index in [2.05, 4.69) is 15.2 Å². The number of amides is 2. The van der Waals surface area contributed by atoms with Gasteiger partial charge in [-0.05, 0) is 12.1 Å². The van der Waals surface area contributed by atoms with Crippen molar-refractivity contribution in [1.29, 1.82) is 0 Å². The van der Waals surface area contributed by atoms with Gasteiger partial charge in [-0.3, -0.25) is 14.5 Å². The lowest BCUT2D eigenvalue weighted by molar-refractivity contribution is -0.172. The van der Waals surface area contributed by atoms with Crippen molar-refractivity contribution >= 4 is 11.8 Å². The van der Waals surface area contributed by atoms with E-state index in [1.807, 2.05) is 46.0 Å². The quantitative estimate of drug-likeness (QED) is 0.723. The van der Waals surface area contributed by atoms with Crippen LogP contribution in [-0.2, 0) is 26.4 Å². The van der Waals surface area contributed by atoms with Crippen molar-refractivity contribution in [2.45, 2.75) is 31.1 Å².